The molecule has 0 aliphatic heterocycles. The summed E-state index contributed by atoms with van der Waals surface area (Å²) in [5.74, 6) is -1.32. The van der Waals surface area contributed by atoms with Crippen LogP contribution < -0.4 is 4.74 Å². The van der Waals surface area contributed by atoms with Crippen LogP contribution in [-0.4, -0.2) is 28.0 Å². The molecule has 1 heterocycles. The number of aromatic carboxylic acids is 1. The Kier molecular flexibility index (Phi) is 3.01. The van der Waals surface area contributed by atoms with Gasteiger partial charge >= 0.3 is 5.97 Å². The molecule has 1 N–H and O–H groups in total. The van der Waals surface area contributed by atoms with Crippen LogP contribution in [0.25, 0.3) is 11.3 Å². The molecule has 0 spiro atoms. The van der Waals surface area contributed by atoms with Crippen LogP contribution in [-0.2, 0) is 7.05 Å². The van der Waals surface area contributed by atoms with Gasteiger partial charge in [0, 0.05) is 7.05 Å². The fraction of sp³-hybridized carbons (Fsp3) is 0.167. The molecule has 5 nitrogen and oxygen atoms in total. The number of carboxylic acids is 1. The van der Waals surface area contributed by atoms with E-state index in [-0.39, 0.29) is 11.3 Å². The highest BCUT2D eigenvalue weighted by Crippen LogP contribution is 2.32. The number of nitrogens with zero attached hydrogens (tertiary/aromatic N) is 2. The van der Waals surface area contributed by atoms with Gasteiger partial charge in [0.05, 0.1) is 18.4 Å². The molecule has 1 aromatic heterocycles. The summed E-state index contributed by atoms with van der Waals surface area (Å²) in [5.41, 5.74) is 0.405. The van der Waals surface area contributed by atoms with Crippen molar-refractivity contribution in [2.24, 2.45) is 7.05 Å². The first-order valence-electron chi connectivity index (χ1n) is 5.14. The van der Waals surface area contributed by atoms with Crippen LogP contribution >= 0.6 is 0 Å². The zero-order valence-electron chi connectivity index (χ0n) is 9.85. The van der Waals surface area contributed by atoms with E-state index in [0.29, 0.717) is 11.4 Å². The van der Waals surface area contributed by atoms with Gasteiger partial charge in [-0.2, -0.15) is 5.10 Å². The highest BCUT2D eigenvalue weighted by atomic mass is 19.1. The molecule has 0 saturated carbocycles. The molecule has 6 heteroatoms. The predicted octanol–water partition coefficient (Wildman–Crippen LogP) is 1.93. The molecule has 2 rings (SSSR count). The van der Waals surface area contributed by atoms with E-state index >= 15 is 0 Å². The van der Waals surface area contributed by atoms with Gasteiger partial charge in [0.1, 0.15) is 11.6 Å². The second-order valence-corrected chi connectivity index (χ2v) is 3.66. The second-order valence-electron chi connectivity index (χ2n) is 3.66. The lowest BCUT2D eigenvalue weighted by Crippen LogP contribution is -2.00. The smallest absolute Gasteiger partial charge is 0.356 e. The summed E-state index contributed by atoms with van der Waals surface area (Å²) in [4.78, 5) is 10.8. The van der Waals surface area contributed by atoms with Crippen LogP contribution in [0.3, 0.4) is 0 Å². The van der Waals surface area contributed by atoms with Crippen molar-refractivity contribution < 1.29 is 19.0 Å². The lowest BCUT2D eigenvalue weighted by Gasteiger charge is -2.09. The lowest BCUT2D eigenvalue weighted by molar-refractivity contribution is 0.0689. The summed E-state index contributed by atoms with van der Waals surface area (Å²) in [7, 11) is 2.97. The third-order valence-corrected chi connectivity index (χ3v) is 2.55. The van der Waals surface area contributed by atoms with Crippen molar-refractivity contribution in [3.05, 3.63) is 35.8 Å². The third kappa shape index (κ3) is 1.92. The molecule has 0 bridgehead atoms. The number of aromatic nitrogens is 2. The van der Waals surface area contributed by atoms with E-state index in [2.05, 4.69) is 5.10 Å². The van der Waals surface area contributed by atoms with Crippen molar-refractivity contribution in [2.45, 2.75) is 0 Å². The van der Waals surface area contributed by atoms with Crippen molar-refractivity contribution in [3.8, 4) is 17.0 Å². The number of ether oxygens (including phenoxy) is 1. The number of benzene rings is 1. The highest BCUT2D eigenvalue weighted by Gasteiger charge is 2.18. The summed E-state index contributed by atoms with van der Waals surface area (Å²) in [6, 6.07) is 5.71. The number of hydrogen-bond donors (Lipinski definition) is 1. The standard InChI is InChI=1S/C12H11FN2O3/c1-15-9(6-8(14-15)12(16)17)11-7(13)4-3-5-10(11)18-2/h3-6H,1-2H3,(H,16,17). The van der Waals surface area contributed by atoms with E-state index < -0.39 is 11.8 Å². The summed E-state index contributed by atoms with van der Waals surface area (Å²) in [6.07, 6.45) is 0. The van der Waals surface area contributed by atoms with Crippen LogP contribution in [0.1, 0.15) is 10.5 Å². The highest BCUT2D eigenvalue weighted by molar-refractivity contribution is 5.87. The normalized spacial score (nSPS) is 10.4. The van der Waals surface area contributed by atoms with Crippen LogP contribution in [0, 0.1) is 5.82 Å². The minimum Gasteiger partial charge on any atom is -0.496 e. The zero-order valence-corrected chi connectivity index (χ0v) is 9.85. The molecule has 0 atom stereocenters. The molecule has 94 valence electrons. The average molecular weight is 250 g/mol. The number of carbonyl (C=O) groups is 1. The predicted molar refractivity (Wildman–Crippen MR) is 62.1 cm³/mol. The Morgan fingerprint density at radius 2 is 2.22 bits per heavy atom. The number of halogens is 1. The van der Waals surface area contributed by atoms with Gasteiger partial charge in [0.25, 0.3) is 0 Å². The average Bonchev–Trinajstić information content (AvgIpc) is 2.71. The van der Waals surface area contributed by atoms with Crippen LogP contribution in [0.15, 0.2) is 24.3 Å². The van der Waals surface area contributed by atoms with Crippen LogP contribution in [0.2, 0.25) is 0 Å². The molecule has 0 fully saturated rings. The minimum absolute atomic E-state index is 0.141. The molecular formula is C12H11FN2O3. The summed E-state index contributed by atoms with van der Waals surface area (Å²) < 4.78 is 20.2. The largest absolute Gasteiger partial charge is 0.496 e. The molecule has 0 amide bonds. The summed E-state index contributed by atoms with van der Waals surface area (Å²) in [6.45, 7) is 0. The maximum absolute atomic E-state index is 13.8. The topological polar surface area (TPSA) is 64.3 Å². The Morgan fingerprint density at radius 1 is 1.50 bits per heavy atom. The van der Waals surface area contributed by atoms with E-state index in [1.165, 1.54) is 30.0 Å². The summed E-state index contributed by atoms with van der Waals surface area (Å²) in [5, 5.41) is 12.7. The van der Waals surface area contributed by atoms with Gasteiger partial charge in [0.15, 0.2) is 5.69 Å². The monoisotopic (exact) mass is 250 g/mol. The van der Waals surface area contributed by atoms with Crippen LogP contribution in [0.4, 0.5) is 4.39 Å². The van der Waals surface area contributed by atoms with Gasteiger partial charge in [-0.25, -0.2) is 9.18 Å². The quantitative estimate of drug-likeness (QED) is 0.904. The fourth-order valence-corrected chi connectivity index (χ4v) is 1.73. The Bertz CT molecular complexity index is 607. The Morgan fingerprint density at radius 3 is 2.78 bits per heavy atom. The van der Waals surface area contributed by atoms with Crippen molar-refractivity contribution >= 4 is 5.97 Å². The van der Waals surface area contributed by atoms with Gasteiger partial charge in [-0.05, 0) is 18.2 Å². The van der Waals surface area contributed by atoms with Crippen molar-refractivity contribution in [1.29, 1.82) is 0 Å². The lowest BCUT2D eigenvalue weighted by atomic mass is 10.1. The molecule has 0 radical (unpaired) electrons. The maximum Gasteiger partial charge on any atom is 0.356 e. The van der Waals surface area contributed by atoms with Gasteiger partial charge in [-0.1, -0.05) is 6.07 Å². The first-order valence-corrected chi connectivity index (χ1v) is 5.14. The van der Waals surface area contributed by atoms with Crippen LogP contribution in [0.5, 0.6) is 5.75 Å². The summed E-state index contributed by atoms with van der Waals surface area (Å²) >= 11 is 0. The minimum atomic E-state index is -1.16. The SMILES string of the molecule is COc1cccc(F)c1-c1cc(C(=O)O)nn1C. The Labute approximate surface area is 102 Å². The molecule has 0 aliphatic carbocycles. The third-order valence-electron chi connectivity index (χ3n) is 2.55. The van der Waals surface area contributed by atoms with Crippen molar-refractivity contribution in [3.63, 3.8) is 0 Å². The Balaban J connectivity index is 2.65. The van der Waals surface area contributed by atoms with Gasteiger partial charge in [-0.15, -0.1) is 0 Å². The van der Waals surface area contributed by atoms with E-state index in [1.54, 1.807) is 13.1 Å². The van der Waals surface area contributed by atoms with Gasteiger partial charge in [-0.3, -0.25) is 4.68 Å². The fourth-order valence-electron chi connectivity index (χ4n) is 1.73. The molecule has 18 heavy (non-hydrogen) atoms. The van der Waals surface area contributed by atoms with E-state index in [4.69, 9.17) is 9.84 Å². The van der Waals surface area contributed by atoms with Crippen molar-refractivity contribution in [1.82, 2.24) is 9.78 Å². The molecule has 0 aliphatic rings. The number of aryl methyl sites for hydroxylation is 1. The van der Waals surface area contributed by atoms with Gasteiger partial charge < -0.3 is 9.84 Å². The number of rotatable bonds is 3. The number of methoxy groups -OCH3 is 1. The number of hydrogen-bond acceptors (Lipinski definition) is 3. The first kappa shape index (κ1) is 12.1. The molecular weight excluding hydrogens is 239 g/mol. The number of carboxylic acid groups (broad SMARTS) is 1. The molecule has 2 aromatic rings. The molecule has 1 aromatic carbocycles. The van der Waals surface area contributed by atoms with E-state index in [1.807, 2.05) is 0 Å². The second kappa shape index (κ2) is 4.48. The zero-order chi connectivity index (χ0) is 13.3. The van der Waals surface area contributed by atoms with Crippen molar-refractivity contribution in [2.75, 3.05) is 7.11 Å². The first-order chi connectivity index (χ1) is 8.54. The van der Waals surface area contributed by atoms with E-state index in [9.17, 15) is 9.18 Å². The molecule has 0 saturated heterocycles. The molecule has 0 unspecified atom stereocenters. The maximum atomic E-state index is 13.8. The van der Waals surface area contributed by atoms with E-state index in [0.717, 1.165) is 0 Å². The Hall–Kier alpha value is -2.37. The van der Waals surface area contributed by atoms with Gasteiger partial charge in [0.2, 0.25) is 0 Å².